The zero-order chi connectivity index (χ0) is 19.9. The van der Waals surface area contributed by atoms with Crippen LogP contribution in [0.1, 0.15) is 45.5 Å². The number of likely N-dealkylation sites (tertiary alicyclic amines) is 1. The first kappa shape index (κ1) is 19.0. The van der Waals surface area contributed by atoms with Crippen LogP contribution in [-0.4, -0.2) is 33.1 Å². The van der Waals surface area contributed by atoms with Crippen LogP contribution in [0.4, 0.5) is 4.79 Å². The largest absolute Gasteiger partial charge is 0.444 e. The van der Waals surface area contributed by atoms with E-state index in [-0.39, 0.29) is 12.1 Å². The van der Waals surface area contributed by atoms with Gasteiger partial charge in [-0.3, -0.25) is 4.90 Å². The van der Waals surface area contributed by atoms with Crippen LogP contribution < -0.4 is 0 Å². The van der Waals surface area contributed by atoms with Crippen molar-refractivity contribution in [3.05, 3.63) is 52.9 Å². The highest BCUT2D eigenvalue weighted by Crippen LogP contribution is 2.37. The first-order valence-electron chi connectivity index (χ1n) is 9.55. The summed E-state index contributed by atoms with van der Waals surface area (Å²) in [4.78, 5) is 22.5. The number of hydrogen-bond acceptors (Lipinski definition) is 3. The Morgan fingerprint density at radius 2 is 2.04 bits per heavy atom. The summed E-state index contributed by atoms with van der Waals surface area (Å²) in [5.74, 6) is 0.804. The molecule has 3 aromatic rings. The minimum Gasteiger partial charge on any atom is -0.444 e. The first-order chi connectivity index (χ1) is 13.3. The average molecular weight is 442 g/mol. The molecule has 1 aliphatic heterocycles. The van der Waals surface area contributed by atoms with Gasteiger partial charge in [0.15, 0.2) is 0 Å². The Kier molecular flexibility index (Phi) is 4.91. The number of halogens is 1. The summed E-state index contributed by atoms with van der Waals surface area (Å²) in [5.41, 5.74) is 1.51. The van der Waals surface area contributed by atoms with Crippen LogP contribution in [0.25, 0.3) is 22.0 Å². The molecule has 4 rings (SSSR count). The second kappa shape index (κ2) is 7.24. The number of aromatic amines is 1. The maximum Gasteiger partial charge on any atom is 0.410 e. The van der Waals surface area contributed by atoms with E-state index in [4.69, 9.17) is 4.74 Å². The van der Waals surface area contributed by atoms with Gasteiger partial charge in [0.1, 0.15) is 11.4 Å². The fourth-order valence-electron chi connectivity index (χ4n) is 3.74. The number of carbonyl (C=O) groups excluding carboxylic acids is 1. The molecule has 146 valence electrons. The summed E-state index contributed by atoms with van der Waals surface area (Å²) in [6.07, 6.45) is 3.40. The van der Waals surface area contributed by atoms with E-state index in [1.165, 1.54) is 5.39 Å². The number of rotatable bonds is 2. The highest BCUT2D eigenvalue weighted by atomic mass is 79.9. The van der Waals surface area contributed by atoms with Crippen molar-refractivity contribution < 1.29 is 9.53 Å². The van der Waals surface area contributed by atoms with E-state index in [9.17, 15) is 4.79 Å². The van der Waals surface area contributed by atoms with Crippen molar-refractivity contribution in [2.45, 2.75) is 45.3 Å². The molecule has 0 unspecified atom stereocenters. The predicted octanol–water partition coefficient (Wildman–Crippen LogP) is 6.06. The molecule has 5 nitrogen and oxygen atoms in total. The second-order valence-corrected chi connectivity index (χ2v) is 9.01. The SMILES string of the molecule is CC(C)(C)OC(=O)N1CCC[C@H]1c1ncc(-c2c(Br)ccc3ccccc23)[nH]1. The Bertz CT molecular complexity index is 1020. The number of ether oxygens (including phenoxy) is 1. The Hall–Kier alpha value is -2.34. The number of imidazole rings is 1. The van der Waals surface area contributed by atoms with Gasteiger partial charge in [-0.1, -0.05) is 46.3 Å². The molecule has 1 aliphatic rings. The van der Waals surface area contributed by atoms with Crippen LogP contribution >= 0.6 is 15.9 Å². The summed E-state index contributed by atoms with van der Waals surface area (Å²) >= 11 is 3.68. The summed E-state index contributed by atoms with van der Waals surface area (Å²) in [6, 6.07) is 12.4. The van der Waals surface area contributed by atoms with Gasteiger partial charge in [0.25, 0.3) is 0 Å². The van der Waals surface area contributed by atoms with E-state index in [1.54, 1.807) is 4.90 Å². The van der Waals surface area contributed by atoms with Crippen LogP contribution in [0, 0.1) is 0 Å². The topological polar surface area (TPSA) is 58.2 Å². The van der Waals surface area contributed by atoms with Crippen molar-refractivity contribution in [2.24, 2.45) is 0 Å². The zero-order valence-electron chi connectivity index (χ0n) is 16.3. The van der Waals surface area contributed by atoms with E-state index in [2.05, 4.69) is 50.2 Å². The third-order valence-corrected chi connectivity index (χ3v) is 5.60. The maximum atomic E-state index is 12.6. The van der Waals surface area contributed by atoms with E-state index < -0.39 is 5.60 Å². The zero-order valence-corrected chi connectivity index (χ0v) is 17.9. The smallest absolute Gasteiger partial charge is 0.410 e. The molecule has 1 saturated heterocycles. The van der Waals surface area contributed by atoms with E-state index in [0.29, 0.717) is 6.54 Å². The van der Waals surface area contributed by atoms with Gasteiger partial charge in [-0.25, -0.2) is 9.78 Å². The van der Waals surface area contributed by atoms with Crippen molar-refractivity contribution in [1.82, 2.24) is 14.9 Å². The molecule has 0 saturated carbocycles. The average Bonchev–Trinajstić information content (AvgIpc) is 3.29. The third-order valence-electron chi connectivity index (χ3n) is 4.94. The molecule has 0 aliphatic carbocycles. The van der Waals surface area contributed by atoms with Gasteiger partial charge in [-0.15, -0.1) is 0 Å². The molecule has 1 amide bonds. The van der Waals surface area contributed by atoms with Crippen LogP contribution in [0.3, 0.4) is 0 Å². The number of aromatic nitrogens is 2. The van der Waals surface area contributed by atoms with E-state index in [1.807, 2.05) is 39.1 Å². The van der Waals surface area contributed by atoms with Gasteiger partial charge in [-0.2, -0.15) is 0 Å². The van der Waals surface area contributed by atoms with Gasteiger partial charge in [0.05, 0.1) is 17.9 Å². The molecule has 6 heteroatoms. The van der Waals surface area contributed by atoms with E-state index in [0.717, 1.165) is 39.8 Å². The molecule has 1 fully saturated rings. The van der Waals surface area contributed by atoms with Crippen LogP contribution in [0.5, 0.6) is 0 Å². The van der Waals surface area contributed by atoms with Gasteiger partial charge >= 0.3 is 6.09 Å². The minimum atomic E-state index is -0.508. The number of amides is 1. The standard InChI is InChI=1S/C22H24BrN3O2/c1-22(2,3)28-21(27)26-12-6-9-18(26)20-24-13-17(25-20)19-15-8-5-4-7-14(15)10-11-16(19)23/h4-5,7-8,10-11,13,18H,6,9,12H2,1-3H3,(H,24,25)/t18-/m0/s1. The number of nitrogens with zero attached hydrogens (tertiary/aromatic N) is 2. The molecule has 1 aromatic heterocycles. The van der Waals surface area contributed by atoms with Crippen molar-refractivity contribution in [3.8, 4) is 11.3 Å². The summed E-state index contributed by atoms with van der Waals surface area (Å²) in [7, 11) is 0. The van der Waals surface area contributed by atoms with Gasteiger partial charge in [0.2, 0.25) is 0 Å². The Morgan fingerprint density at radius 3 is 2.82 bits per heavy atom. The predicted molar refractivity (Wildman–Crippen MR) is 114 cm³/mol. The van der Waals surface area contributed by atoms with Gasteiger partial charge < -0.3 is 9.72 Å². The molecule has 28 heavy (non-hydrogen) atoms. The lowest BCUT2D eigenvalue weighted by Gasteiger charge is -2.27. The molecule has 1 N–H and O–H groups in total. The molecule has 0 bridgehead atoms. The summed E-state index contributed by atoms with van der Waals surface area (Å²) in [5, 5.41) is 2.33. The highest BCUT2D eigenvalue weighted by molar-refractivity contribution is 9.10. The maximum absolute atomic E-state index is 12.6. The summed E-state index contributed by atoms with van der Waals surface area (Å²) < 4.78 is 6.59. The number of benzene rings is 2. The van der Waals surface area contributed by atoms with Gasteiger partial charge in [-0.05, 0) is 50.5 Å². The second-order valence-electron chi connectivity index (χ2n) is 8.16. The lowest BCUT2D eigenvalue weighted by molar-refractivity contribution is 0.0219. The van der Waals surface area contributed by atoms with Crippen LogP contribution in [0.15, 0.2) is 47.1 Å². The monoisotopic (exact) mass is 441 g/mol. The lowest BCUT2D eigenvalue weighted by Crippen LogP contribution is -2.36. The number of H-pyrrole nitrogens is 1. The fourth-order valence-corrected chi connectivity index (χ4v) is 4.30. The fraction of sp³-hybridized carbons (Fsp3) is 0.364. The Morgan fingerprint density at radius 1 is 1.25 bits per heavy atom. The Balaban J connectivity index is 1.67. The van der Waals surface area contributed by atoms with Crippen molar-refractivity contribution in [2.75, 3.05) is 6.54 Å². The number of fused-ring (bicyclic) bond motifs is 1. The Labute approximate surface area is 173 Å². The normalized spacial score (nSPS) is 17.3. The van der Waals surface area contributed by atoms with Crippen molar-refractivity contribution >= 4 is 32.8 Å². The first-order valence-corrected chi connectivity index (χ1v) is 10.3. The lowest BCUT2D eigenvalue weighted by atomic mass is 10.0. The summed E-state index contributed by atoms with van der Waals surface area (Å²) in [6.45, 7) is 6.35. The number of hydrogen-bond donors (Lipinski definition) is 1. The molecular weight excluding hydrogens is 418 g/mol. The van der Waals surface area contributed by atoms with Crippen molar-refractivity contribution in [1.29, 1.82) is 0 Å². The number of carbonyl (C=O) groups is 1. The molecule has 2 aromatic carbocycles. The molecule has 0 radical (unpaired) electrons. The van der Waals surface area contributed by atoms with Crippen LogP contribution in [-0.2, 0) is 4.74 Å². The highest BCUT2D eigenvalue weighted by Gasteiger charge is 2.34. The third kappa shape index (κ3) is 3.65. The molecular formula is C22H24BrN3O2. The van der Waals surface area contributed by atoms with Gasteiger partial charge in [0, 0.05) is 16.6 Å². The van der Waals surface area contributed by atoms with E-state index >= 15 is 0 Å². The molecule has 1 atom stereocenters. The quantitative estimate of drug-likeness (QED) is 0.525. The minimum absolute atomic E-state index is 0.0858. The van der Waals surface area contributed by atoms with Crippen molar-refractivity contribution in [3.63, 3.8) is 0 Å². The molecule has 2 heterocycles. The molecule has 0 spiro atoms. The van der Waals surface area contributed by atoms with Crippen LogP contribution in [0.2, 0.25) is 0 Å². The number of nitrogens with one attached hydrogen (secondary N) is 1.